The number of Topliss-reactive ketones (excluding diaryl/α,β-unsaturated/α-hetero) is 1. The standard InChI is InChI=1S/C19H25NO/c1-2-5-14-10-16-17-11-13-6-3-4-7-15(13)19(16,8-9-20-17)12-18(14)21/h3-4,6-7,14,16-17,20H,2,5,8-12H2,1H3/t14?,16-,17+,19+/m0/s1. The van der Waals surface area contributed by atoms with Gasteiger partial charge in [0, 0.05) is 23.8 Å². The fourth-order valence-corrected chi connectivity index (χ4v) is 5.39. The Hall–Kier alpha value is -1.15. The lowest BCUT2D eigenvalue weighted by molar-refractivity contribution is -0.130. The van der Waals surface area contributed by atoms with Crippen LogP contribution < -0.4 is 5.32 Å². The van der Waals surface area contributed by atoms with E-state index in [1.54, 1.807) is 0 Å². The van der Waals surface area contributed by atoms with Crippen molar-refractivity contribution in [2.45, 2.75) is 56.9 Å². The zero-order chi connectivity index (χ0) is 14.4. The molecule has 3 aliphatic rings. The molecule has 1 saturated heterocycles. The number of fused-ring (bicyclic) bond motifs is 1. The second kappa shape index (κ2) is 4.95. The van der Waals surface area contributed by atoms with E-state index < -0.39 is 0 Å². The highest BCUT2D eigenvalue weighted by molar-refractivity contribution is 5.84. The summed E-state index contributed by atoms with van der Waals surface area (Å²) in [7, 11) is 0. The summed E-state index contributed by atoms with van der Waals surface area (Å²) in [6.07, 6.45) is 6.40. The van der Waals surface area contributed by atoms with Crippen molar-refractivity contribution >= 4 is 5.78 Å². The molecule has 1 aliphatic heterocycles. The molecule has 0 aromatic heterocycles. The number of benzene rings is 1. The second-order valence-electron chi connectivity index (χ2n) is 7.30. The van der Waals surface area contributed by atoms with Gasteiger partial charge >= 0.3 is 0 Å². The summed E-state index contributed by atoms with van der Waals surface area (Å²) in [5, 5.41) is 3.75. The molecule has 21 heavy (non-hydrogen) atoms. The van der Waals surface area contributed by atoms with Crippen LogP contribution in [0.15, 0.2) is 24.3 Å². The van der Waals surface area contributed by atoms with Crippen LogP contribution in [0.2, 0.25) is 0 Å². The summed E-state index contributed by atoms with van der Waals surface area (Å²) in [6.45, 7) is 3.27. The molecule has 0 spiro atoms. The van der Waals surface area contributed by atoms with Gasteiger partial charge in [-0.1, -0.05) is 37.6 Å². The van der Waals surface area contributed by atoms with E-state index in [1.807, 2.05) is 0 Å². The van der Waals surface area contributed by atoms with Gasteiger partial charge in [0.1, 0.15) is 5.78 Å². The van der Waals surface area contributed by atoms with Crippen LogP contribution in [0.25, 0.3) is 0 Å². The first-order valence-corrected chi connectivity index (χ1v) is 8.59. The zero-order valence-electron chi connectivity index (χ0n) is 12.9. The molecule has 1 aromatic rings. The number of hydrogen-bond donors (Lipinski definition) is 1. The van der Waals surface area contributed by atoms with Crippen LogP contribution in [0.3, 0.4) is 0 Å². The highest BCUT2D eigenvalue weighted by atomic mass is 16.1. The molecule has 4 rings (SSSR count). The minimum Gasteiger partial charge on any atom is -0.313 e. The number of nitrogens with one attached hydrogen (secondary N) is 1. The summed E-state index contributed by atoms with van der Waals surface area (Å²) in [5.74, 6) is 1.52. The first-order chi connectivity index (χ1) is 10.2. The van der Waals surface area contributed by atoms with Crippen molar-refractivity contribution in [2.75, 3.05) is 6.54 Å². The Morgan fingerprint density at radius 2 is 2.19 bits per heavy atom. The van der Waals surface area contributed by atoms with Gasteiger partial charge in [0.25, 0.3) is 0 Å². The molecule has 2 nitrogen and oxygen atoms in total. The molecule has 0 amide bonds. The van der Waals surface area contributed by atoms with Crippen molar-refractivity contribution in [2.24, 2.45) is 11.8 Å². The highest BCUT2D eigenvalue weighted by Gasteiger charge is 2.55. The molecule has 4 atom stereocenters. The quantitative estimate of drug-likeness (QED) is 0.903. The van der Waals surface area contributed by atoms with E-state index in [4.69, 9.17) is 0 Å². The first-order valence-electron chi connectivity index (χ1n) is 8.59. The third-order valence-corrected chi connectivity index (χ3v) is 6.29. The maximum Gasteiger partial charge on any atom is 0.136 e. The molecular formula is C19H25NO. The number of ketones is 1. The molecule has 1 aromatic carbocycles. The lowest BCUT2D eigenvalue weighted by Crippen LogP contribution is -2.61. The van der Waals surface area contributed by atoms with Gasteiger partial charge < -0.3 is 5.32 Å². The maximum absolute atomic E-state index is 12.7. The van der Waals surface area contributed by atoms with Crippen LogP contribution in [-0.2, 0) is 16.6 Å². The van der Waals surface area contributed by atoms with Crippen molar-refractivity contribution < 1.29 is 4.79 Å². The van der Waals surface area contributed by atoms with E-state index in [2.05, 4.69) is 36.5 Å². The molecular weight excluding hydrogens is 258 g/mol. The highest BCUT2D eigenvalue weighted by Crippen LogP contribution is 2.54. The summed E-state index contributed by atoms with van der Waals surface area (Å²) >= 11 is 0. The molecule has 2 bridgehead atoms. The van der Waals surface area contributed by atoms with E-state index in [9.17, 15) is 4.79 Å². The molecule has 1 saturated carbocycles. The van der Waals surface area contributed by atoms with E-state index in [1.165, 1.54) is 11.1 Å². The summed E-state index contributed by atoms with van der Waals surface area (Å²) in [5.41, 5.74) is 3.12. The Kier molecular flexibility index (Phi) is 3.18. The number of carbonyl (C=O) groups is 1. The Morgan fingerprint density at radius 3 is 3.05 bits per heavy atom. The smallest absolute Gasteiger partial charge is 0.136 e. The van der Waals surface area contributed by atoms with E-state index in [0.717, 1.165) is 45.1 Å². The monoisotopic (exact) mass is 283 g/mol. The zero-order valence-corrected chi connectivity index (χ0v) is 12.9. The van der Waals surface area contributed by atoms with Gasteiger partial charge in [-0.25, -0.2) is 0 Å². The van der Waals surface area contributed by atoms with Crippen LogP contribution in [-0.4, -0.2) is 18.4 Å². The molecule has 1 unspecified atom stereocenters. The minimum absolute atomic E-state index is 0.145. The number of hydrogen-bond acceptors (Lipinski definition) is 2. The van der Waals surface area contributed by atoms with Gasteiger partial charge in [0.05, 0.1) is 0 Å². The van der Waals surface area contributed by atoms with Gasteiger partial charge in [-0.05, 0) is 49.3 Å². The molecule has 1 N–H and O–H groups in total. The van der Waals surface area contributed by atoms with E-state index >= 15 is 0 Å². The van der Waals surface area contributed by atoms with Crippen molar-refractivity contribution in [1.29, 1.82) is 0 Å². The van der Waals surface area contributed by atoms with Crippen LogP contribution in [0.4, 0.5) is 0 Å². The molecule has 2 aliphatic carbocycles. The average molecular weight is 283 g/mol. The van der Waals surface area contributed by atoms with Crippen molar-refractivity contribution in [3.8, 4) is 0 Å². The molecule has 112 valence electrons. The largest absolute Gasteiger partial charge is 0.313 e. The van der Waals surface area contributed by atoms with Crippen LogP contribution in [0, 0.1) is 11.8 Å². The van der Waals surface area contributed by atoms with Gasteiger partial charge in [0.2, 0.25) is 0 Å². The van der Waals surface area contributed by atoms with E-state index in [-0.39, 0.29) is 5.41 Å². The molecule has 1 heterocycles. The molecule has 0 radical (unpaired) electrons. The Labute approximate surface area is 127 Å². The van der Waals surface area contributed by atoms with Crippen LogP contribution in [0.1, 0.15) is 50.2 Å². The fraction of sp³-hybridized carbons (Fsp3) is 0.632. The Morgan fingerprint density at radius 1 is 1.33 bits per heavy atom. The lowest BCUT2D eigenvalue weighted by Gasteiger charge is -2.56. The summed E-state index contributed by atoms with van der Waals surface area (Å²) in [4.78, 5) is 12.7. The maximum atomic E-state index is 12.7. The van der Waals surface area contributed by atoms with E-state index in [0.29, 0.717) is 23.7 Å². The normalized spacial score (nSPS) is 37.8. The van der Waals surface area contributed by atoms with Gasteiger partial charge in [-0.15, -0.1) is 0 Å². The minimum atomic E-state index is 0.145. The predicted molar refractivity (Wildman–Crippen MR) is 84.4 cm³/mol. The topological polar surface area (TPSA) is 29.1 Å². The van der Waals surface area contributed by atoms with Crippen molar-refractivity contribution in [3.63, 3.8) is 0 Å². The first kappa shape index (κ1) is 13.5. The molecule has 2 heteroatoms. The lowest BCUT2D eigenvalue weighted by atomic mass is 9.51. The van der Waals surface area contributed by atoms with Crippen molar-refractivity contribution in [1.82, 2.24) is 5.32 Å². The Balaban J connectivity index is 1.78. The summed E-state index contributed by atoms with van der Waals surface area (Å²) < 4.78 is 0. The fourth-order valence-electron chi connectivity index (χ4n) is 5.39. The van der Waals surface area contributed by atoms with Crippen molar-refractivity contribution in [3.05, 3.63) is 35.4 Å². The van der Waals surface area contributed by atoms with Crippen LogP contribution >= 0.6 is 0 Å². The van der Waals surface area contributed by atoms with Gasteiger partial charge in [0.15, 0.2) is 0 Å². The van der Waals surface area contributed by atoms with Gasteiger partial charge in [-0.2, -0.15) is 0 Å². The summed E-state index contributed by atoms with van der Waals surface area (Å²) in [6, 6.07) is 9.47. The third kappa shape index (κ3) is 1.92. The third-order valence-electron chi connectivity index (χ3n) is 6.29. The SMILES string of the molecule is CCCC1C[C@H]2[C@H]3Cc4ccccc4[C@@]2(CCN3)CC1=O. The predicted octanol–water partition coefficient (Wildman–Crippen LogP) is 3.24. The molecule has 2 fully saturated rings. The van der Waals surface area contributed by atoms with Gasteiger partial charge in [-0.3, -0.25) is 4.79 Å². The second-order valence-corrected chi connectivity index (χ2v) is 7.30. The van der Waals surface area contributed by atoms with Crippen LogP contribution in [0.5, 0.6) is 0 Å². The average Bonchev–Trinajstić information content (AvgIpc) is 2.48. The number of piperidine rings is 1. The number of rotatable bonds is 2. The number of carbonyl (C=O) groups excluding carboxylic acids is 1. The Bertz CT molecular complexity index is 566.